The summed E-state index contributed by atoms with van der Waals surface area (Å²) >= 11 is 0. The maximum atomic E-state index is 12.0. The van der Waals surface area contributed by atoms with Crippen LogP contribution in [0.3, 0.4) is 0 Å². The SMILES string of the molecule is COc1cccc(/C=C(\C#N)C(=O)NC[C@H]2CCCO2)c1. The van der Waals surface area contributed by atoms with E-state index in [-0.39, 0.29) is 17.6 Å². The van der Waals surface area contributed by atoms with Crippen LogP contribution in [0.25, 0.3) is 6.08 Å². The molecule has 1 aromatic carbocycles. The van der Waals surface area contributed by atoms with E-state index in [0.29, 0.717) is 12.3 Å². The lowest BCUT2D eigenvalue weighted by Gasteiger charge is -2.10. The molecule has 0 aliphatic carbocycles. The van der Waals surface area contributed by atoms with Gasteiger partial charge >= 0.3 is 0 Å². The fourth-order valence-electron chi connectivity index (χ4n) is 2.15. The lowest BCUT2D eigenvalue weighted by Crippen LogP contribution is -2.32. The summed E-state index contributed by atoms with van der Waals surface area (Å²) < 4.78 is 10.5. The van der Waals surface area contributed by atoms with E-state index in [0.717, 1.165) is 25.0 Å². The highest BCUT2D eigenvalue weighted by molar-refractivity contribution is 6.01. The van der Waals surface area contributed by atoms with Crippen molar-refractivity contribution in [2.75, 3.05) is 20.3 Å². The van der Waals surface area contributed by atoms with Gasteiger partial charge < -0.3 is 14.8 Å². The van der Waals surface area contributed by atoms with Gasteiger partial charge in [-0.15, -0.1) is 0 Å². The van der Waals surface area contributed by atoms with Crippen LogP contribution in [0.1, 0.15) is 18.4 Å². The van der Waals surface area contributed by atoms with E-state index in [1.54, 1.807) is 25.3 Å². The number of carbonyl (C=O) groups is 1. The first-order valence-corrected chi connectivity index (χ1v) is 6.88. The molecule has 0 bridgehead atoms. The number of methoxy groups -OCH3 is 1. The minimum Gasteiger partial charge on any atom is -0.497 e. The van der Waals surface area contributed by atoms with Crippen LogP contribution in [0.4, 0.5) is 0 Å². The number of hydrogen-bond donors (Lipinski definition) is 1. The van der Waals surface area contributed by atoms with Gasteiger partial charge in [0.25, 0.3) is 5.91 Å². The quantitative estimate of drug-likeness (QED) is 0.663. The Hall–Kier alpha value is -2.32. The molecule has 21 heavy (non-hydrogen) atoms. The Morgan fingerprint density at radius 1 is 1.62 bits per heavy atom. The first-order valence-electron chi connectivity index (χ1n) is 6.88. The first-order chi connectivity index (χ1) is 10.2. The molecule has 0 spiro atoms. The zero-order chi connectivity index (χ0) is 15.1. The second-order valence-electron chi connectivity index (χ2n) is 4.79. The van der Waals surface area contributed by atoms with Gasteiger partial charge in [0.15, 0.2) is 0 Å². The van der Waals surface area contributed by atoms with Crippen LogP contribution in [0.2, 0.25) is 0 Å². The first kappa shape index (κ1) is 15.1. The molecule has 5 nitrogen and oxygen atoms in total. The van der Waals surface area contributed by atoms with Crippen molar-refractivity contribution >= 4 is 12.0 Å². The fraction of sp³-hybridized carbons (Fsp3) is 0.375. The Morgan fingerprint density at radius 3 is 3.14 bits per heavy atom. The molecule has 1 amide bonds. The molecule has 1 heterocycles. The Morgan fingerprint density at radius 2 is 2.48 bits per heavy atom. The Balaban J connectivity index is 2.01. The number of nitriles is 1. The van der Waals surface area contributed by atoms with E-state index in [1.807, 2.05) is 18.2 Å². The van der Waals surface area contributed by atoms with Crippen LogP contribution in [-0.2, 0) is 9.53 Å². The van der Waals surface area contributed by atoms with Gasteiger partial charge in [-0.1, -0.05) is 12.1 Å². The fourth-order valence-corrected chi connectivity index (χ4v) is 2.15. The van der Waals surface area contributed by atoms with Crippen molar-refractivity contribution in [2.24, 2.45) is 0 Å². The van der Waals surface area contributed by atoms with Crippen LogP contribution in [0, 0.1) is 11.3 Å². The molecule has 110 valence electrons. The van der Waals surface area contributed by atoms with Crippen molar-refractivity contribution in [3.05, 3.63) is 35.4 Å². The Kier molecular flexibility index (Phi) is 5.35. The van der Waals surface area contributed by atoms with Crippen molar-refractivity contribution in [3.63, 3.8) is 0 Å². The van der Waals surface area contributed by atoms with Gasteiger partial charge in [-0.05, 0) is 36.6 Å². The molecule has 0 unspecified atom stereocenters. The van der Waals surface area contributed by atoms with Gasteiger partial charge in [0.1, 0.15) is 17.4 Å². The highest BCUT2D eigenvalue weighted by Crippen LogP contribution is 2.15. The normalized spacial score (nSPS) is 18.1. The number of nitrogens with zero attached hydrogens (tertiary/aromatic N) is 1. The summed E-state index contributed by atoms with van der Waals surface area (Å²) in [5.41, 5.74) is 0.819. The van der Waals surface area contributed by atoms with E-state index < -0.39 is 0 Å². The molecule has 1 aromatic rings. The Bertz CT molecular complexity index is 569. The molecular weight excluding hydrogens is 268 g/mol. The predicted octanol–water partition coefficient (Wildman–Crippen LogP) is 1.90. The molecule has 0 radical (unpaired) electrons. The predicted molar refractivity (Wildman–Crippen MR) is 78.6 cm³/mol. The molecule has 5 heteroatoms. The maximum Gasteiger partial charge on any atom is 0.262 e. The number of ether oxygens (including phenoxy) is 2. The van der Waals surface area contributed by atoms with Crippen molar-refractivity contribution in [2.45, 2.75) is 18.9 Å². The second-order valence-corrected chi connectivity index (χ2v) is 4.79. The van der Waals surface area contributed by atoms with Crippen molar-refractivity contribution < 1.29 is 14.3 Å². The van der Waals surface area contributed by atoms with Crippen LogP contribution >= 0.6 is 0 Å². The summed E-state index contributed by atoms with van der Waals surface area (Å²) in [6.07, 6.45) is 3.58. The van der Waals surface area contributed by atoms with Gasteiger partial charge in [-0.3, -0.25) is 4.79 Å². The minimum absolute atomic E-state index is 0.0608. The molecule has 1 N–H and O–H groups in total. The third-order valence-corrected chi connectivity index (χ3v) is 3.28. The third-order valence-electron chi connectivity index (χ3n) is 3.28. The summed E-state index contributed by atoms with van der Waals surface area (Å²) in [4.78, 5) is 12.0. The molecule has 1 fully saturated rings. The number of rotatable bonds is 5. The molecule has 1 aliphatic rings. The number of carbonyl (C=O) groups excluding carboxylic acids is 1. The van der Waals surface area contributed by atoms with Crippen molar-refractivity contribution in [1.29, 1.82) is 5.26 Å². The summed E-state index contributed by atoms with van der Waals surface area (Å²) in [6.45, 7) is 1.18. The van der Waals surface area contributed by atoms with Gasteiger partial charge in [0, 0.05) is 13.2 Å². The molecular formula is C16H18N2O3. The summed E-state index contributed by atoms with van der Waals surface area (Å²) in [6, 6.07) is 9.13. The highest BCUT2D eigenvalue weighted by Gasteiger charge is 2.17. The number of benzene rings is 1. The van der Waals surface area contributed by atoms with E-state index in [4.69, 9.17) is 14.7 Å². The third kappa shape index (κ3) is 4.33. The second kappa shape index (κ2) is 7.46. The van der Waals surface area contributed by atoms with Gasteiger partial charge in [0.2, 0.25) is 0 Å². The average molecular weight is 286 g/mol. The largest absolute Gasteiger partial charge is 0.497 e. The smallest absolute Gasteiger partial charge is 0.262 e. The van der Waals surface area contributed by atoms with Crippen LogP contribution in [0.15, 0.2) is 29.8 Å². The molecule has 2 rings (SSSR count). The average Bonchev–Trinajstić information content (AvgIpc) is 3.04. The lowest BCUT2D eigenvalue weighted by atomic mass is 10.1. The van der Waals surface area contributed by atoms with Crippen molar-refractivity contribution in [1.82, 2.24) is 5.32 Å². The summed E-state index contributed by atoms with van der Waals surface area (Å²) in [5, 5.41) is 11.9. The maximum absolute atomic E-state index is 12.0. The zero-order valence-corrected chi connectivity index (χ0v) is 12.0. The van der Waals surface area contributed by atoms with E-state index in [9.17, 15) is 4.79 Å². The van der Waals surface area contributed by atoms with Crippen LogP contribution in [0.5, 0.6) is 5.75 Å². The molecule has 1 atom stereocenters. The standard InChI is InChI=1S/C16H18N2O3/c1-20-14-5-2-4-12(9-14)8-13(10-17)16(19)18-11-15-6-3-7-21-15/h2,4-5,8-9,15H,3,6-7,11H2,1H3,(H,18,19)/b13-8+/t15-/m1/s1. The number of nitrogens with one attached hydrogen (secondary N) is 1. The summed E-state index contributed by atoms with van der Waals surface area (Å²) in [7, 11) is 1.57. The van der Waals surface area contributed by atoms with E-state index >= 15 is 0 Å². The van der Waals surface area contributed by atoms with E-state index in [1.165, 1.54) is 0 Å². The molecule has 0 saturated carbocycles. The molecule has 1 saturated heterocycles. The van der Waals surface area contributed by atoms with E-state index in [2.05, 4.69) is 5.32 Å². The van der Waals surface area contributed by atoms with Gasteiger partial charge in [-0.25, -0.2) is 0 Å². The topological polar surface area (TPSA) is 71.3 Å². The molecule has 0 aromatic heterocycles. The van der Waals surface area contributed by atoms with Crippen molar-refractivity contribution in [3.8, 4) is 11.8 Å². The van der Waals surface area contributed by atoms with Crippen LogP contribution in [-0.4, -0.2) is 32.3 Å². The Labute approximate surface area is 124 Å². The zero-order valence-electron chi connectivity index (χ0n) is 12.0. The minimum atomic E-state index is -0.379. The van der Waals surface area contributed by atoms with Gasteiger partial charge in [-0.2, -0.15) is 5.26 Å². The molecule has 1 aliphatic heterocycles. The monoisotopic (exact) mass is 286 g/mol. The summed E-state index contributed by atoms with van der Waals surface area (Å²) in [5.74, 6) is 0.302. The highest BCUT2D eigenvalue weighted by atomic mass is 16.5. The number of hydrogen-bond acceptors (Lipinski definition) is 4. The van der Waals surface area contributed by atoms with Gasteiger partial charge in [0.05, 0.1) is 13.2 Å². The lowest BCUT2D eigenvalue weighted by molar-refractivity contribution is -0.117. The number of amides is 1. The van der Waals surface area contributed by atoms with Crippen LogP contribution < -0.4 is 10.1 Å².